The van der Waals surface area contributed by atoms with Crippen LogP contribution >= 0.6 is 0 Å². The highest BCUT2D eigenvalue weighted by Gasteiger charge is 2.59. The molecule has 5 heteroatoms. The number of urea groups is 1. The van der Waals surface area contributed by atoms with Gasteiger partial charge in [-0.25, -0.2) is 4.79 Å². The molecule has 0 aromatic rings. The Hall–Kier alpha value is -0.810. The Labute approximate surface area is 127 Å². The van der Waals surface area contributed by atoms with Crippen LogP contribution in [0.15, 0.2) is 0 Å². The lowest BCUT2D eigenvalue weighted by Crippen LogP contribution is -2.67. The van der Waals surface area contributed by atoms with Crippen molar-refractivity contribution >= 4 is 6.03 Å². The fourth-order valence-corrected chi connectivity index (χ4v) is 3.66. The summed E-state index contributed by atoms with van der Waals surface area (Å²) in [6.07, 6.45) is 3.12. The van der Waals surface area contributed by atoms with Crippen LogP contribution in [0.3, 0.4) is 0 Å². The van der Waals surface area contributed by atoms with E-state index in [1.807, 2.05) is 13.8 Å². The molecule has 1 aliphatic carbocycles. The standard InChI is InChI=1S/C16H30N2O3/c1-15(2,10-19)7-5-8-17-14(20)18-12-11-6-9-21-13(11)16(12,3)4/h11-13,19H,5-10H2,1-4H3,(H2,17,18,20). The first-order valence-electron chi connectivity index (χ1n) is 8.05. The Bertz CT molecular complexity index is 382. The summed E-state index contributed by atoms with van der Waals surface area (Å²) >= 11 is 0. The van der Waals surface area contributed by atoms with Crippen molar-refractivity contribution in [2.24, 2.45) is 16.7 Å². The maximum Gasteiger partial charge on any atom is 0.315 e. The topological polar surface area (TPSA) is 70.6 Å². The molecular weight excluding hydrogens is 268 g/mol. The van der Waals surface area contributed by atoms with E-state index in [9.17, 15) is 9.90 Å². The second-order valence-electron chi connectivity index (χ2n) is 7.87. The number of ether oxygens (including phenoxy) is 1. The molecule has 1 aliphatic heterocycles. The van der Waals surface area contributed by atoms with Crippen LogP contribution in [-0.2, 0) is 4.74 Å². The summed E-state index contributed by atoms with van der Waals surface area (Å²) in [5.41, 5.74) is -0.0418. The molecule has 0 radical (unpaired) electrons. The number of nitrogens with one attached hydrogen (secondary N) is 2. The van der Waals surface area contributed by atoms with Gasteiger partial charge in [0.25, 0.3) is 0 Å². The van der Waals surface area contributed by atoms with Crippen molar-refractivity contribution in [1.82, 2.24) is 10.6 Å². The van der Waals surface area contributed by atoms with Gasteiger partial charge < -0.3 is 20.5 Å². The van der Waals surface area contributed by atoms with E-state index in [0.29, 0.717) is 18.6 Å². The smallest absolute Gasteiger partial charge is 0.315 e. The van der Waals surface area contributed by atoms with Crippen molar-refractivity contribution in [2.45, 2.75) is 59.1 Å². The van der Waals surface area contributed by atoms with Crippen LogP contribution in [0.25, 0.3) is 0 Å². The van der Waals surface area contributed by atoms with E-state index in [4.69, 9.17) is 4.74 Å². The molecular formula is C16H30N2O3. The monoisotopic (exact) mass is 298 g/mol. The molecule has 3 unspecified atom stereocenters. The van der Waals surface area contributed by atoms with Crippen molar-refractivity contribution in [1.29, 1.82) is 0 Å². The van der Waals surface area contributed by atoms with Gasteiger partial charge in [0.15, 0.2) is 0 Å². The summed E-state index contributed by atoms with van der Waals surface area (Å²) < 4.78 is 5.73. The normalized spacial score (nSPS) is 30.4. The summed E-state index contributed by atoms with van der Waals surface area (Å²) in [6.45, 7) is 10.0. The Morgan fingerprint density at radius 3 is 2.81 bits per heavy atom. The van der Waals surface area contributed by atoms with Crippen LogP contribution in [0.4, 0.5) is 4.79 Å². The Morgan fingerprint density at radius 2 is 2.14 bits per heavy atom. The van der Waals surface area contributed by atoms with Crippen molar-refractivity contribution in [3.63, 3.8) is 0 Å². The molecule has 21 heavy (non-hydrogen) atoms. The zero-order valence-corrected chi connectivity index (χ0v) is 13.7. The van der Waals surface area contributed by atoms with E-state index >= 15 is 0 Å². The van der Waals surface area contributed by atoms with Crippen LogP contribution in [0, 0.1) is 16.7 Å². The fraction of sp³-hybridized carbons (Fsp3) is 0.938. The van der Waals surface area contributed by atoms with Crippen molar-refractivity contribution < 1.29 is 14.6 Å². The van der Waals surface area contributed by atoms with Gasteiger partial charge in [0.2, 0.25) is 0 Å². The van der Waals surface area contributed by atoms with Gasteiger partial charge in [-0.15, -0.1) is 0 Å². The number of rotatable bonds is 6. The molecule has 3 atom stereocenters. The van der Waals surface area contributed by atoms with Gasteiger partial charge in [0.1, 0.15) is 0 Å². The molecule has 0 bridgehead atoms. The highest BCUT2D eigenvalue weighted by Crippen LogP contribution is 2.51. The highest BCUT2D eigenvalue weighted by molar-refractivity contribution is 5.74. The Balaban J connectivity index is 1.68. The first-order valence-corrected chi connectivity index (χ1v) is 8.05. The minimum atomic E-state index is -0.0831. The van der Waals surface area contributed by atoms with Gasteiger partial charge in [-0.3, -0.25) is 0 Å². The molecule has 0 aromatic carbocycles. The van der Waals surface area contributed by atoms with Crippen molar-refractivity contribution in [2.75, 3.05) is 19.8 Å². The first-order chi connectivity index (χ1) is 9.78. The molecule has 1 heterocycles. The van der Waals surface area contributed by atoms with Crippen LogP contribution in [0.5, 0.6) is 0 Å². The molecule has 122 valence electrons. The average Bonchev–Trinajstić information content (AvgIpc) is 2.88. The van der Waals surface area contributed by atoms with Crippen LogP contribution in [0.1, 0.15) is 47.0 Å². The Kier molecular flexibility index (Phi) is 4.83. The number of fused-ring (bicyclic) bond motifs is 1. The quantitative estimate of drug-likeness (QED) is 0.656. The number of amides is 2. The number of carbonyl (C=O) groups excluding carboxylic acids is 1. The summed E-state index contributed by atoms with van der Waals surface area (Å²) in [5, 5.41) is 15.2. The minimum absolute atomic E-state index is 0.0252. The zero-order chi connectivity index (χ0) is 15.7. The van der Waals surface area contributed by atoms with Crippen LogP contribution in [0.2, 0.25) is 0 Å². The lowest BCUT2D eigenvalue weighted by Gasteiger charge is -2.54. The molecule has 1 saturated heterocycles. The van der Waals surface area contributed by atoms with Crippen molar-refractivity contribution in [3.05, 3.63) is 0 Å². The van der Waals surface area contributed by atoms with Gasteiger partial charge in [0.05, 0.1) is 6.10 Å². The molecule has 2 fully saturated rings. The molecule has 5 nitrogen and oxygen atoms in total. The van der Waals surface area contributed by atoms with Gasteiger partial charge in [-0.1, -0.05) is 27.7 Å². The summed E-state index contributed by atoms with van der Waals surface area (Å²) in [7, 11) is 0. The first kappa shape index (κ1) is 16.6. The van der Waals surface area contributed by atoms with Gasteiger partial charge in [-0.05, 0) is 24.7 Å². The van der Waals surface area contributed by atoms with Gasteiger partial charge >= 0.3 is 6.03 Å². The third-order valence-corrected chi connectivity index (χ3v) is 5.13. The van der Waals surface area contributed by atoms with E-state index in [0.717, 1.165) is 25.9 Å². The number of hydrogen-bond acceptors (Lipinski definition) is 3. The Morgan fingerprint density at radius 1 is 1.43 bits per heavy atom. The second-order valence-corrected chi connectivity index (χ2v) is 7.87. The van der Waals surface area contributed by atoms with E-state index in [1.165, 1.54) is 0 Å². The molecule has 0 spiro atoms. The maximum atomic E-state index is 12.0. The predicted molar refractivity (Wildman–Crippen MR) is 82.1 cm³/mol. The lowest BCUT2D eigenvalue weighted by atomic mass is 9.57. The van der Waals surface area contributed by atoms with Crippen LogP contribution in [-0.4, -0.2) is 43.0 Å². The molecule has 0 aromatic heterocycles. The highest BCUT2D eigenvalue weighted by atomic mass is 16.5. The molecule has 1 saturated carbocycles. The predicted octanol–water partition coefficient (Wildman–Crippen LogP) is 1.90. The molecule has 2 amide bonds. The maximum absolute atomic E-state index is 12.0. The number of carbonyl (C=O) groups is 1. The zero-order valence-electron chi connectivity index (χ0n) is 13.7. The number of aliphatic hydroxyl groups is 1. The number of aliphatic hydroxyl groups excluding tert-OH is 1. The van der Waals surface area contributed by atoms with Gasteiger partial charge in [0, 0.05) is 37.1 Å². The van der Waals surface area contributed by atoms with E-state index in [-0.39, 0.29) is 29.5 Å². The SMILES string of the molecule is CC(C)(CO)CCCNC(=O)NC1C2CCOC2C1(C)C. The van der Waals surface area contributed by atoms with Gasteiger partial charge in [-0.2, -0.15) is 0 Å². The van der Waals surface area contributed by atoms with E-state index < -0.39 is 0 Å². The van der Waals surface area contributed by atoms with Crippen molar-refractivity contribution in [3.8, 4) is 0 Å². The summed E-state index contributed by atoms with van der Waals surface area (Å²) in [5.74, 6) is 0.471. The lowest BCUT2D eigenvalue weighted by molar-refractivity contribution is -0.108. The second kappa shape index (κ2) is 6.13. The molecule has 2 rings (SSSR count). The third kappa shape index (κ3) is 3.51. The largest absolute Gasteiger partial charge is 0.396 e. The molecule has 2 aliphatic rings. The minimum Gasteiger partial charge on any atom is -0.396 e. The van der Waals surface area contributed by atoms with Crippen LogP contribution < -0.4 is 10.6 Å². The number of hydrogen-bond donors (Lipinski definition) is 3. The molecule has 3 N–H and O–H groups in total. The third-order valence-electron chi connectivity index (χ3n) is 5.13. The van der Waals surface area contributed by atoms with E-state index in [2.05, 4.69) is 24.5 Å². The fourth-order valence-electron chi connectivity index (χ4n) is 3.66. The summed E-state index contributed by atoms with van der Waals surface area (Å²) in [4.78, 5) is 12.0. The van der Waals surface area contributed by atoms with E-state index in [1.54, 1.807) is 0 Å². The summed E-state index contributed by atoms with van der Waals surface area (Å²) in [6, 6.07) is 0.124. The average molecular weight is 298 g/mol.